The summed E-state index contributed by atoms with van der Waals surface area (Å²) in [6, 6.07) is 8.57. The van der Waals surface area contributed by atoms with E-state index in [2.05, 4.69) is 5.43 Å². The zero-order chi connectivity index (χ0) is 19.1. The average Bonchev–Trinajstić information content (AvgIpc) is 3.00. The van der Waals surface area contributed by atoms with E-state index in [1.807, 2.05) is 0 Å². The molecule has 1 atom stereocenters. The lowest BCUT2D eigenvalue weighted by molar-refractivity contribution is -0.142. The van der Waals surface area contributed by atoms with Gasteiger partial charge in [-0.2, -0.15) is 13.2 Å². The van der Waals surface area contributed by atoms with Crippen LogP contribution in [-0.2, 0) is 9.84 Å². The largest absolute Gasteiger partial charge is 0.409 e. The van der Waals surface area contributed by atoms with Crippen molar-refractivity contribution in [3.05, 3.63) is 66.0 Å². The Morgan fingerprint density at radius 3 is 2.08 bits per heavy atom. The van der Waals surface area contributed by atoms with Gasteiger partial charge in [-0.25, -0.2) is 18.2 Å². The highest BCUT2D eigenvalue weighted by Crippen LogP contribution is 2.34. The first-order valence-electron chi connectivity index (χ1n) is 7.46. The van der Waals surface area contributed by atoms with Crippen LogP contribution in [0.25, 0.3) is 5.70 Å². The molecule has 2 aromatic carbocycles. The number of hydrazine groups is 1. The lowest BCUT2D eigenvalue weighted by Gasteiger charge is -2.25. The molecule has 0 amide bonds. The fourth-order valence-electron chi connectivity index (χ4n) is 2.55. The topological polar surface area (TPSA) is 49.4 Å². The normalized spacial score (nSPS) is 18.1. The van der Waals surface area contributed by atoms with Crippen LogP contribution in [0.3, 0.4) is 0 Å². The summed E-state index contributed by atoms with van der Waals surface area (Å²) >= 11 is 0. The number of hydrogen-bond acceptors (Lipinski definition) is 4. The fraction of sp³-hybridized carbons (Fsp3) is 0.176. The molecule has 2 aromatic rings. The average molecular weight is 386 g/mol. The lowest BCUT2D eigenvalue weighted by Crippen LogP contribution is -2.44. The molecular formula is C17H14F4N2O2S. The van der Waals surface area contributed by atoms with Crippen molar-refractivity contribution < 1.29 is 26.0 Å². The van der Waals surface area contributed by atoms with E-state index >= 15 is 0 Å². The predicted molar refractivity (Wildman–Crippen MR) is 89.4 cm³/mol. The summed E-state index contributed by atoms with van der Waals surface area (Å²) < 4.78 is 75.7. The van der Waals surface area contributed by atoms with E-state index in [0.29, 0.717) is 11.3 Å². The van der Waals surface area contributed by atoms with Gasteiger partial charge in [0.2, 0.25) is 0 Å². The Balaban J connectivity index is 2.01. The van der Waals surface area contributed by atoms with Crippen LogP contribution in [0, 0.1) is 5.82 Å². The summed E-state index contributed by atoms with van der Waals surface area (Å²) in [6.07, 6.45) is -2.48. The molecule has 9 heteroatoms. The zero-order valence-electron chi connectivity index (χ0n) is 13.5. The van der Waals surface area contributed by atoms with Crippen molar-refractivity contribution in [3.63, 3.8) is 0 Å². The van der Waals surface area contributed by atoms with Gasteiger partial charge in [0.15, 0.2) is 9.84 Å². The molecule has 4 nitrogen and oxygen atoms in total. The van der Waals surface area contributed by atoms with Crippen molar-refractivity contribution in [2.24, 2.45) is 0 Å². The molecule has 0 saturated heterocycles. The molecule has 0 radical (unpaired) electrons. The lowest BCUT2D eigenvalue weighted by atomic mass is 10.1. The summed E-state index contributed by atoms with van der Waals surface area (Å²) in [7, 11) is -3.42. The quantitative estimate of drug-likeness (QED) is 0.820. The van der Waals surface area contributed by atoms with Crippen molar-refractivity contribution in [1.29, 1.82) is 0 Å². The maximum Gasteiger partial charge on any atom is 0.409 e. The summed E-state index contributed by atoms with van der Waals surface area (Å²) in [5, 5.41) is 1.21. The number of hydrogen-bond donors (Lipinski definition) is 1. The van der Waals surface area contributed by atoms with Gasteiger partial charge in [0.25, 0.3) is 0 Å². The van der Waals surface area contributed by atoms with E-state index in [1.54, 1.807) is 0 Å². The van der Waals surface area contributed by atoms with Gasteiger partial charge < -0.3 is 0 Å². The van der Waals surface area contributed by atoms with Crippen molar-refractivity contribution in [1.82, 2.24) is 5.43 Å². The second-order valence-electron chi connectivity index (χ2n) is 5.81. The van der Waals surface area contributed by atoms with Gasteiger partial charge in [-0.05, 0) is 60.2 Å². The highest BCUT2D eigenvalue weighted by atomic mass is 32.2. The number of benzene rings is 2. The van der Waals surface area contributed by atoms with Gasteiger partial charge in [-0.15, -0.1) is 0 Å². The minimum absolute atomic E-state index is 0.0557. The standard InChI is InChI=1S/C17H14F4N2O2S/c1-26(24,25)14-8-6-13(7-9-14)23-15(10-16(22-23)17(19,20)21)11-2-4-12(18)5-3-11/h2-10,16,22H,1H3. The maximum atomic E-state index is 13.2. The Kier molecular flexibility index (Phi) is 4.53. The molecule has 26 heavy (non-hydrogen) atoms. The Bertz CT molecular complexity index is 936. The Morgan fingerprint density at radius 1 is 1.00 bits per heavy atom. The number of halogens is 4. The second-order valence-corrected chi connectivity index (χ2v) is 7.82. The van der Waals surface area contributed by atoms with E-state index < -0.39 is 27.9 Å². The Labute approximate surface area is 147 Å². The van der Waals surface area contributed by atoms with Gasteiger partial charge >= 0.3 is 6.18 Å². The number of anilines is 1. The van der Waals surface area contributed by atoms with Gasteiger partial charge in [-0.1, -0.05) is 0 Å². The van der Waals surface area contributed by atoms with Crippen molar-refractivity contribution in [2.45, 2.75) is 17.1 Å². The molecule has 0 aromatic heterocycles. The minimum atomic E-state index is -4.52. The second kappa shape index (κ2) is 6.40. The third-order valence-electron chi connectivity index (χ3n) is 3.85. The highest BCUT2D eigenvalue weighted by Gasteiger charge is 2.43. The first-order valence-corrected chi connectivity index (χ1v) is 9.36. The molecule has 1 heterocycles. The predicted octanol–water partition coefficient (Wildman–Crippen LogP) is 3.53. The Hall–Kier alpha value is -2.39. The SMILES string of the molecule is CS(=O)(=O)c1ccc(N2NC(C(F)(F)F)C=C2c2ccc(F)cc2)cc1. The molecule has 3 rings (SSSR count). The molecule has 138 valence electrons. The van der Waals surface area contributed by atoms with E-state index in [-0.39, 0.29) is 10.6 Å². The van der Waals surface area contributed by atoms with E-state index in [1.165, 1.54) is 41.4 Å². The fourth-order valence-corrected chi connectivity index (χ4v) is 3.18. The Morgan fingerprint density at radius 2 is 1.58 bits per heavy atom. The van der Waals surface area contributed by atoms with Crippen LogP contribution in [0.1, 0.15) is 5.56 Å². The molecule has 0 bridgehead atoms. The molecule has 0 aliphatic carbocycles. The van der Waals surface area contributed by atoms with Crippen molar-refractivity contribution >= 4 is 21.2 Å². The van der Waals surface area contributed by atoms with Gasteiger partial charge in [-0.3, -0.25) is 5.01 Å². The smallest absolute Gasteiger partial charge is 0.276 e. The molecule has 0 fully saturated rings. The van der Waals surface area contributed by atoms with E-state index in [4.69, 9.17) is 0 Å². The first kappa shape index (κ1) is 18.4. The molecule has 0 spiro atoms. The van der Waals surface area contributed by atoms with Crippen LogP contribution in [0.15, 0.2) is 59.5 Å². The first-order chi connectivity index (χ1) is 12.1. The summed E-state index contributed by atoms with van der Waals surface area (Å²) in [6.45, 7) is 0. The van der Waals surface area contributed by atoms with Gasteiger partial charge in [0.1, 0.15) is 11.9 Å². The monoisotopic (exact) mass is 386 g/mol. The number of alkyl halides is 3. The summed E-state index contributed by atoms with van der Waals surface area (Å²) in [5.41, 5.74) is 3.24. The third-order valence-corrected chi connectivity index (χ3v) is 4.98. The molecular weight excluding hydrogens is 372 g/mol. The van der Waals surface area contributed by atoms with Crippen molar-refractivity contribution in [3.8, 4) is 0 Å². The van der Waals surface area contributed by atoms with Gasteiger partial charge in [0.05, 0.1) is 16.3 Å². The van der Waals surface area contributed by atoms with E-state index in [9.17, 15) is 26.0 Å². The van der Waals surface area contributed by atoms with Crippen molar-refractivity contribution in [2.75, 3.05) is 11.3 Å². The minimum Gasteiger partial charge on any atom is -0.276 e. The van der Waals surface area contributed by atoms with E-state index in [0.717, 1.165) is 24.5 Å². The molecule has 1 aliphatic rings. The highest BCUT2D eigenvalue weighted by molar-refractivity contribution is 7.90. The van der Waals surface area contributed by atoms with Crippen LogP contribution in [0.5, 0.6) is 0 Å². The number of nitrogens with one attached hydrogen (secondary N) is 1. The summed E-state index contributed by atoms with van der Waals surface area (Å²) in [4.78, 5) is 0.0557. The van der Waals surface area contributed by atoms with Crippen LogP contribution < -0.4 is 10.4 Å². The number of rotatable bonds is 3. The molecule has 1 aliphatic heterocycles. The van der Waals surface area contributed by atoms with Crippen LogP contribution in [0.4, 0.5) is 23.2 Å². The summed E-state index contributed by atoms with van der Waals surface area (Å²) in [5.74, 6) is -0.503. The van der Waals surface area contributed by atoms with Crippen LogP contribution in [0.2, 0.25) is 0 Å². The zero-order valence-corrected chi connectivity index (χ0v) is 14.3. The maximum absolute atomic E-state index is 13.2. The van der Waals surface area contributed by atoms with Crippen LogP contribution in [-0.4, -0.2) is 26.9 Å². The number of nitrogens with zero attached hydrogens (tertiary/aromatic N) is 1. The molecule has 1 unspecified atom stereocenters. The number of sulfone groups is 1. The van der Waals surface area contributed by atoms with Crippen LogP contribution >= 0.6 is 0 Å². The third kappa shape index (κ3) is 3.73. The van der Waals surface area contributed by atoms with Gasteiger partial charge in [0, 0.05) is 6.26 Å². The molecule has 1 N–H and O–H groups in total. The molecule has 0 saturated carbocycles.